The van der Waals surface area contributed by atoms with Crippen molar-refractivity contribution in [1.29, 1.82) is 0 Å². The van der Waals surface area contributed by atoms with E-state index in [4.69, 9.17) is 16.3 Å². The standard InChI is InChI=1S/C19H17ClN4O2/c1-13-18(21-22-24(13)15-8-3-2-7-14(15)20)19(25)23-11-6-12-26-17-10-5-4-9-16(17)23/h2-5,7-10H,6,11-12H2,1H3. The molecule has 4 rings (SSSR count). The molecule has 0 N–H and O–H groups in total. The smallest absolute Gasteiger partial charge is 0.280 e. The average molecular weight is 369 g/mol. The van der Waals surface area contributed by atoms with Crippen LogP contribution in [0, 0.1) is 6.92 Å². The Morgan fingerprint density at radius 3 is 2.65 bits per heavy atom. The minimum Gasteiger partial charge on any atom is -0.491 e. The fraction of sp³-hybridized carbons (Fsp3) is 0.211. The Kier molecular flexibility index (Phi) is 4.34. The minimum atomic E-state index is -0.196. The summed E-state index contributed by atoms with van der Waals surface area (Å²) in [5.41, 5.74) is 2.40. The molecule has 0 fully saturated rings. The molecular formula is C19H17ClN4O2. The van der Waals surface area contributed by atoms with E-state index < -0.39 is 0 Å². The van der Waals surface area contributed by atoms with Crippen LogP contribution in [0.4, 0.5) is 5.69 Å². The number of rotatable bonds is 2. The monoisotopic (exact) mass is 368 g/mol. The first-order valence-corrected chi connectivity index (χ1v) is 8.75. The second-order valence-corrected chi connectivity index (χ2v) is 6.42. The molecule has 0 aliphatic carbocycles. The number of nitrogens with zero attached hydrogens (tertiary/aromatic N) is 4. The number of benzene rings is 2. The Morgan fingerprint density at radius 2 is 1.85 bits per heavy atom. The van der Waals surface area contributed by atoms with Crippen LogP contribution in [-0.2, 0) is 0 Å². The topological polar surface area (TPSA) is 60.3 Å². The first kappa shape index (κ1) is 16.6. The number of ether oxygens (including phenoxy) is 1. The van der Waals surface area contributed by atoms with Crippen LogP contribution in [0.15, 0.2) is 48.5 Å². The van der Waals surface area contributed by atoms with Gasteiger partial charge in [-0.05, 0) is 37.6 Å². The number of aromatic nitrogens is 3. The van der Waals surface area contributed by atoms with Crippen LogP contribution in [0.3, 0.4) is 0 Å². The summed E-state index contributed by atoms with van der Waals surface area (Å²) >= 11 is 6.26. The Bertz CT molecular complexity index is 970. The molecule has 26 heavy (non-hydrogen) atoms. The van der Waals surface area contributed by atoms with Crippen molar-refractivity contribution in [3.8, 4) is 11.4 Å². The van der Waals surface area contributed by atoms with E-state index in [0.29, 0.717) is 41.0 Å². The lowest BCUT2D eigenvalue weighted by atomic mass is 10.2. The number of halogens is 1. The highest BCUT2D eigenvalue weighted by Gasteiger charge is 2.27. The van der Waals surface area contributed by atoms with E-state index >= 15 is 0 Å². The molecule has 0 spiro atoms. The molecule has 1 aromatic heterocycles. The van der Waals surface area contributed by atoms with Gasteiger partial charge in [0.15, 0.2) is 5.69 Å². The lowest BCUT2D eigenvalue weighted by Crippen LogP contribution is -2.32. The van der Waals surface area contributed by atoms with Crippen LogP contribution in [0.25, 0.3) is 5.69 Å². The third-order valence-electron chi connectivity index (χ3n) is 4.36. The first-order chi connectivity index (χ1) is 12.7. The highest BCUT2D eigenvalue weighted by Crippen LogP contribution is 2.32. The summed E-state index contributed by atoms with van der Waals surface area (Å²) in [5.74, 6) is 0.508. The molecular weight excluding hydrogens is 352 g/mol. The molecule has 2 heterocycles. The van der Waals surface area contributed by atoms with Gasteiger partial charge in [0.1, 0.15) is 5.75 Å². The number of amides is 1. The number of carbonyl (C=O) groups excluding carboxylic acids is 1. The number of carbonyl (C=O) groups is 1. The zero-order valence-corrected chi connectivity index (χ0v) is 15.0. The van der Waals surface area contributed by atoms with Crippen LogP contribution < -0.4 is 9.64 Å². The van der Waals surface area contributed by atoms with E-state index in [2.05, 4.69) is 10.3 Å². The quantitative estimate of drug-likeness (QED) is 0.692. The molecule has 0 saturated carbocycles. The normalized spacial score (nSPS) is 13.7. The van der Waals surface area contributed by atoms with Gasteiger partial charge < -0.3 is 9.64 Å². The molecule has 0 unspecified atom stereocenters. The zero-order chi connectivity index (χ0) is 18.1. The van der Waals surface area contributed by atoms with Crippen molar-refractivity contribution in [2.75, 3.05) is 18.1 Å². The zero-order valence-electron chi connectivity index (χ0n) is 14.2. The Balaban J connectivity index is 1.73. The maximum Gasteiger partial charge on any atom is 0.280 e. The van der Waals surface area contributed by atoms with Crippen molar-refractivity contribution in [2.24, 2.45) is 0 Å². The average Bonchev–Trinajstić information content (AvgIpc) is 2.90. The van der Waals surface area contributed by atoms with Crippen LogP contribution in [0.2, 0.25) is 5.02 Å². The van der Waals surface area contributed by atoms with Gasteiger partial charge in [0.05, 0.1) is 28.7 Å². The maximum atomic E-state index is 13.2. The summed E-state index contributed by atoms with van der Waals surface area (Å²) in [7, 11) is 0. The molecule has 132 valence electrons. The molecule has 0 radical (unpaired) electrons. The van der Waals surface area contributed by atoms with E-state index in [0.717, 1.165) is 12.1 Å². The van der Waals surface area contributed by atoms with Gasteiger partial charge in [-0.1, -0.05) is 41.1 Å². The highest BCUT2D eigenvalue weighted by atomic mass is 35.5. The van der Waals surface area contributed by atoms with Gasteiger partial charge in [-0.15, -0.1) is 5.10 Å². The van der Waals surface area contributed by atoms with Gasteiger partial charge in [-0.25, -0.2) is 4.68 Å². The SMILES string of the molecule is Cc1c(C(=O)N2CCCOc3ccccc32)nnn1-c1ccccc1Cl. The van der Waals surface area contributed by atoms with Crippen LogP contribution >= 0.6 is 11.6 Å². The van der Waals surface area contributed by atoms with Crippen LogP contribution in [0.5, 0.6) is 5.75 Å². The van der Waals surface area contributed by atoms with Crippen molar-refractivity contribution in [1.82, 2.24) is 15.0 Å². The van der Waals surface area contributed by atoms with Crippen molar-refractivity contribution in [3.05, 3.63) is 64.9 Å². The predicted octanol–water partition coefficient (Wildman–Crippen LogP) is 3.66. The van der Waals surface area contributed by atoms with Crippen LogP contribution in [0.1, 0.15) is 22.6 Å². The molecule has 3 aromatic rings. The molecule has 1 aliphatic rings. The summed E-state index contributed by atoms with van der Waals surface area (Å²) in [6.07, 6.45) is 0.748. The summed E-state index contributed by atoms with van der Waals surface area (Å²) in [4.78, 5) is 14.9. The number of hydrogen-bond donors (Lipinski definition) is 0. The van der Waals surface area contributed by atoms with Gasteiger partial charge in [-0.2, -0.15) is 0 Å². The maximum absolute atomic E-state index is 13.2. The lowest BCUT2D eigenvalue weighted by Gasteiger charge is -2.20. The lowest BCUT2D eigenvalue weighted by molar-refractivity contribution is 0.0981. The Hall–Kier alpha value is -2.86. The number of para-hydroxylation sites is 3. The van der Waals surface area contributed by atoms with Crippen molar-refractivity contribution in [3.63, 3.8) is 0 Å². The minimum absolute atomic E-state index is 0.196. The van der Waals surface area contributed by atoms with Crippen molar-refractivity contribution >= 4 is 23.2 Å². The molecule has 0 bridgehead atoms. The molecule has 7 heteroatoms. The largest absolute Gasteiger partial charge is 0.491 e. The summed E-state index contributed by atoms with van der Waals surface area (Å²) in [6, 6.07) is 14.9. The van der Waals surface area contributed by atoms with E-state index in [1.807, 2.05) is 49.4 Å². The van der Waals surface area contributed by atoms with E-state index in [1.165, 1.54) is 0 Å². The Labute approximate surface area is 155 Å². The molecule has 1 amide bonds. The van der Waals surface area contributed by atoms with Gasteiger partial charge in [0, 0.05) is 6.54 Å². The fourth-order valence-electron chi connectivity index (χ4n) is 3.05. The molecule has 6 nitrogen and oxygen atoms in total. The van der Waals surface area contributed by atoms with Gasteiger partial charge >= 0.3 is 0 Å². The number of anilines is 1. The molecule has 0 atom stereocenters. The van der Waals surface area contributed by atoms with Crippen molar-refractivity contribution < 1.29 is 9.53 Å². The predicted molar refractivity (Wildman–Crippen MR) is 99.3 cm³/mol. The first-order valence-electron chi connectivity index (χ1n) is 8.37. The van der Waals surface area contributed by atoms with Gasteiger partial charge in [0.2, 0.25) is 0 Å². The van der Waals surface area contributed by atoms with E-state index in [-0.39, 0.29) is 5.91 Å². The van der Waals surface area contributed by atoms with Crippen LogP contribution in [-0.4, -0.2) is 34.1 Å². The number of fused-ring (bicyclic) bond motifs is 1. The number of hydrogen-bond acceptors (Lipinski definition) is 4. The van der Waals surface area contributed by atoms with E-state index in [1.54, 1.807) is 15.6 Å². The summed E-state index contributed by atoms with van der Waals surface area (Å²) in [6.45, 7) is 2.96. The third-order valence-corrected chi connectivity index (χ3v) is 4.68. The molecule has 2 aromatic carbocycles. The molecule has 0 saturated heterocycles. The van der Waals surface area contributed by atoms with E-state index in [9.17, 15) is 4.79 Å². The third kappa shape index (κ3) is 2.82. The second kappa shape index (κ2) is 6.80. The highest BCUT2D eigenvalue weighted by molar-refractivity contribution is 6.32. The van der Waals surface area contributed by atoms with Crippen molar-refractivity contribution in [2.45, 2.75) is 13.3 Å². The fourth-order valence-corrected chi connectivity index (χ4v) is 3.26. The van der Waals surface area contributed by atoms with Gasteiger partial charge in [-0.3, -0.25) is 4.79 Å². The molecule has 1 aliphatic heterocycles. The second-order valence-electron chi connectivity index (χ2n) is 6.01. The summed E-state index contributed by atoms with van der Waals surface area (Å²) in [5, 5.41) is 8.83. The Morgan fingerprint density at radius 1 is 1.12 bits per heavy atom. The summed E-state index contributed by atoms with van der Waals surface area (Å²) < 4.78 is 7.33. The van der Waals surface area contributed by atoms with Gasteiger partial charge in [0.25, 0.3) is 5.91 Å².